The summed E-state index contributed by atoms with van der Waals surface area (Å²) < 4.78 is 5.05. The number of methoxy groups -OCH3 is 1. The third kappa shape index (κ3) is 3.36. The lowest BCUT2D eigenvalue weighted by atomic mass is 10.1. The van der Waals surface area contributed by atoms with Crippen molar-refractivity contribution in [3.05, 3.63) is 29.3 Å². The molecule has 7 nitrogen and oxygen atoms in total. The van der Waals surface area contributed by atoms with Crippen LogP contribution in [0.1, 0.15) is 18.1 Å². The topological polar surface area (TPSA) is 95.8 Å². The van der Waals surface area contributed by atoms with Gasteiger partial charge in [-0.05, 0) is 25.5 Å². The van der Waals surface area contributed by atoms with E-state index in [4.69, 9.17) is 4.74 Å². The van der Waals surface area contributed by atoms with E-state index in [0.29, 0.717) is 29.7 Å². The Bertz CT molecular complexity index is 680. The van der Waals surface area contributed by atoms with E-state index >= 15 is 0 Å². The number of nitrogens with one attached hydrogen (secondary N) is 2. The second-order valence-electron chi connectivity index (χ2n) is 4.23. The molecule has 2 N–H and O–H groups in total. The molecule has 0 atom stereocenters. The van der Waals surface area contributed by atoms with Gasteiger partial charge in [0.25, 0.3) is 0 Å². The zero-order valence-electron chi connectivity index (χ0n) is 12.1. The van der Waals surface area contributed by atoms with Crippen LogP contribution in [0.5, 0.6) is 6.01 Å². The molecule has 0 spiro atoms. The lowest BCUT2D eigenvalue weighted by Gasteiger charge is -2.10. The molecule has 2 aromatic rings. The minimum Gasteiger partial charge on any atom is -0.467 e. The van der Waals surface area contributed by atoms with Gasteiger partial charge < -0.3 is 15.4 Å². The molecule has 21 heavy (non-hydrogen) atoms. The van der Waals surface area contributed by atoms with Crippen LogP contribution in [0.3, 0.4) is 0 Å². The first-order valence-electron chi connectivity index (χ1n) is 6.48. The fourth-order valence-corrected chi connectivity index (χ4v) is 1.78. The Balaban J connectivity index is 2.37. The third-order valence-corrected chi connectivity index (χ3v) is 2.76. The van der Waals surface area contributed by atoms with Crippen molar-refractivity contribution in [3.63, 3.8) is 0 Å². The lowest BCUT2D eigenvalue weighted by Crippen LogP contribution is -2.08. The molecule has 0 saturated carbocycles. The second-order valence-corrected chi connectivity index (χ2v) is 4.23. The third-order valence-electron chi connectivity index (χ3n) is 2.76. The number of nitriles is 1. The monoisotopic (exact) mass is 284 g/mol. The van der Waals surface area contributed by atoms with Gasteiger partial charge in [0.1, 0.15) is 6.07 Å². The fourth-order valence-electron chi connectivity index (χ4n) is 1.78. The standard InChI is InChI=1S/C14H16N6O/c1-4-16-12-18-13(20-14(19-12)21-3)17-11-7-5-6-9(2)10(11)8-15/h5-7H,4H2,1-3H3,(H2,16,17,18,19,20). The van der Waals surface area contributed by atoms with Crippen molar-refractivity contribution in [2.75, 3.05) is 24.3 Å². The van der Waals surface area contributed by atoms with Gasteiger partial charge in [0, 0.05) is 6.54 Å². The van der Waals surface area contributed by atoms with E-state index in [1.807, 2.05) is 26.0 Å². The largest absolute Gasteiger partial charge is 0.467 e. The first-order chi connectivity index (χ1) is 10.2. The average Bonchev–Trinajstić information content (AvgIpc) is 2.47. The second kappa shape index (κ2) is 6.52. The number of hydrogen-bond acceptors (Lipinski definition) is 7. The number of aryl methyl sites for hydroxylation is 1. The van der Waals surface area contributed by atoms with E-state index in [-0.39, 0.29) is 6.01 Å². The molecule has 1 aromatic carbocycles. The number of ether oxygens (including phenoxy) is 1. The Kier molecular flexibility index (Phi) is 4.51. The van der Waals surface area contributed by atoms with Gasteiger partial charge in [-0.15, -0.1) is 0 Å². The Morgan fingerprint density at radius 2 is 2.00 bits per heavy atom. The van der Waals surface area contributed by atoms with Gasteiger partial charge >= 0.3 is 6.01 Å². The minimum atomic E-state index is 0.203. The molecular weight excluding hydrogens is 268 g/mol. The highest BCUT2D eigenvalue weighted by Gasteiger charge is 2.10. The van der Waals surface area contributed by atoms with Gasteiger partial charge in [-0.1, -0.05) is 12.1 Å². The summed E-state index contributed by atoms with van der Waals surface area (Å²) in [5.41, 5.74) is 2.09. The summed E-state index contributed by atoms with van der Waals surface area (Å²) in [4.78, 5) is 12.4. The highest BCUT2D eigenvalue weighted by atomic mass is 16.5. The molecule has 1 heterocycles. The van der Waals surface area contributed by atoms with Crippen LogP contribution in [0.4, 0.5) is 17.6 Å². The Hall–Kier alpha value is -2.88. The SMILES string of the molecule is CCNc1nc(Nc2cccc(C)c2C#N)nc(OC)n1. The predicted molar refractivity (Wildman–Crippen MR) is 79.7 cm³/mol. The quantitative estimate of drug-likeness (QED) is 0.869. The maximum atomic E-state index is 9.24. The molecule has 0 aliphatic rings. The van der Waals surface area contributed by atoms with Gasteiger partial charge in [-0.2, -0.15) is 20.2 Å². The molecular formula is C14H16N6O. The lowest BCUT2D eigenvalue weighted by molar-refractivity contribution is 0.379. The maximum Gasteiger partial charge on any atom is 0.322 e. The molecule has 0 unspecified atom stereocenters. The zero-order chi connectivity index (χ0) is 15.2. The van der Waals surface area contributed by atoms with Crippen LogP contribution in [-0.2, 0) is 0 Å². The number of anilines is 3. The van der Waals surface area contributed by atoms with Crippen LogP contribution in [0.15, 0.2) is 18.2 Å². The molecule has 0 aliphatic heterocycles. The van der Waals surface area contributed by atoms with Crippen LogP contribution < -0.4 is 15.4 Å². The smallest absolute Gasteiger partial charge is 0.322 e. The van der Waals surface area contributed by atoms with Gasteiger partial charge in [0.05, 0.1) is 18.4 Å². The van der Waals surface area contributed by atoms with Crippen LogP contribution in [0, 0.1) is 18.3 Å². The zero-order valence-corrected chi connectivity index (χ0v) is 12.1. The Morgan fingerprint density at radius 3 is 2.67 bits per heavy atom. The maximum absolute atomic E-state index is 9.24. The van der Waals surface area contributed by atoms with E-state index < -0.39 is 0 Å². The molecule has 0 bridgehead atoms. The van der Waals surface area contributed by atoms with E-state index in [9.17, 15) is 5.26 Å². The number of benzene rings is 1. The average molecular weight is 284 g/mol. The van der Waals surface area contributed by atoms with E-state index in [1.165, 1.54) is 7.11 Å². The van der Waals surface area contributed by atoms with Crippen molar-refractivity contribution in [2.24, 2.45) is 0 Å². The van der Waals surface area contributed by atoms with Gasteiger partial charge in [-0.3, -0.25) is 0 Å². The summed E-state index contributed by atoms with van der Waals surface area (Å²) in [6, 6.07) is 7.92. The molecule has 0 saturated heterocycles. The predicted octanol–water partition coefficient (Wildman–Crippen LogP) is 2.24. The van der Waals surface area contributed by atoms with E-state index in [0.717, 1.165) is 5.56 Å². The Labute approximate surface area is 123 Å². The first-order valence-corrected chi connectivity index (χ1v) is 6.48. The number of nitrogens with zero attached hydrogens (tertiary/aromatic N) is 4. The molecule has 108 valence electrons. The van der Waals surface area contributed by atoms with E-state index in [1.54, 1.807) is 6.07 Å². The summed E-state index contributed by atoms with van der Waals surface area (Å²) in [5, 5.41) is 15.3. The summed E-state index contributed by atoms with van der Waals surface area (Å²) in [7, 11) is 1.49. The van der Waals surface area contributed by atoms with Crippen LogP contribution >= 0.6 is 0 Å². The minimum absolute atomic E-state index is 0.203. The molecule has 0 radical (unpaired) electrons. The highest BCUT2D eigenvalue weighted by molar-refractivity contribution is 5.65. The molecule has 1 aromatic heterocycles. The van der Waals surface area contributed by atoms with Crippen molar-refractivity contribution < 1.29 is 4.74 Å². The summed E-state index contributed by atoms with van der Waals surface area (Å²) in [6.07, 6.45) is 0. The van der Waals surface area contributed by atoms with Crippen LogP contribution in [0.25, 0.3) is 0 Å². The number of rotatable bonds is 5. The molecule has 0 fully saturated rings. The molecule has 0 aliphatic carbocycles. The summed E-state index contributed by atoms with van der Waals surface area (Å²) >= 11 is 0. The highest BCUT2D eigenvalue weighted by Crippen LogP contribution is 2.22. The molecule has 7 heteroatoms. The van der Waals surface area contributed by atoms with E-state index in [2.05, 4.69) is 31.7 Å². The normalized spacial score (nSPS) is 9.81. The van der Waals surface area contributed by atoms with Crippen molar-refractivity contribution in [1.82, 2.24) is 15.0 Å². The Morgan fingerprint density at radius 1 is 1.24 bits per heavy atom. The fraction of sp³-hybridized carbons (Fsp3) is 0.286. The molecule has 0 amide bonds. The summed E-state index contributed by atoms with van der Waals surface area (Å²) in [6.45, 7) is 4.50. The van der Waals surface area contributed by atoms with Crippen molar-refractivity contribution >= 4 is 17.6 Å². The van der Waals surface area contributed by atoms with Gasteiger partial charge in [-0.25, -0.2) is 0 Å². The van der Waals surface area contributed by atoms with Crippen molar-refractivity contribution in [3.8, 4) is 12.1 Å². The van der Waals surface area contributed by atoms with Crippen LogP contribution in [-0.4, -0.2) is 28.6 Å². The van der Waals surface area contributed by atoms with Crippen molar-refractivity contribution in [1.29, 1.82) is 5.26 Å². The van der Waals surface area contributed by atoms with Gasteiger partial charge in [0.2, 0.25) is 11.9 Å². The summed E-state index contributed by atoms with van der Waals surface area (Å²) in [5.74, 6) is 0.734. The van der Waals surface area contributed by atoms with Gasteiger partial charge in [0.15, 0.2) is 0 Å². The molecule has 2 rings (SSSR count). The van der Waals surface area contributed by atoms with Crippen LogP contribution in [0.2, 0.25) is 0 Å². The van der Waals surface area contributed by atoms with Crippen molar-refractivity contribution in [2.45, 2.75) is 13.8 Å². The first kappa shape index (κ1) is 14.5. The number of hydrogen-bond donors (Lipinski definition) is 2. The number of aromatic nitrogens is 3.